The summed E-state index contributed by atoms with van der Waals surface area (Å²) in [6.07, 6.45) is 4.21. The molecule has 2 aromatic heterocycles. The number of allylic oxidation sites excluding steroid dienone is 2. The average Bonchev–Trinajstić information content (AvgIpc) is 3.68. The second kappa shape index (κ2) is 16.1. The summed E-state index contributed by atoms with van der Waals surface area (Å²) in [5.41, 5.74) is 7.69. The van der Waals surface area contributed by atoms with Gasteiger partial charge in [-0.1, -0.05) is 147 Å². The van der Waals surface area contributed by atoms with Crippen molar-refractivity contribution in [2.75, 3.05) is 0 Å². The third kappa shape index (κ3) is 7.69. The first-order chi connectivity index (χ1) is 23.9. The van der Waals surface area contributed by atoms with Crippen LogP contribution >= 0.6 is 11.3 Å². The Hall–Kier alpha value is -5.38. The summed E-state index contributed by atoms with van der Waals surface area (Å²) < 4.78 is 8.58. The predicted octanol–water partition coefficient (Wildman–Crippen LogP) is 12.5. The van der Waals surface area contributed by atoms with Crippen LogP contribution in [-0.4, -0.2) is 5.11 Å². The number of thiophene rings is 1. The van der Waals surface area contributed by atoms with E-state index in [0.717, 1.165) is 42.8 Å². The third-order valence-electron chi connectivity index (χ3n) is 8.26. The van der Waals surface area contributed by atoms with E-state index in [0.29, 0.717) is 5.58 Å². The molecule has 49 heavy (non-hydrogen) atoms. The van der Waals surface area contributed by atoms with E-state index < -0.39 is 0 Å². The van der Waals surface area contributed by atoms with Crippen LogP contribution in [0.3, 0.4) is 0 Å². The number of aromatic hydroxyl groups is 1. The Morgan fingerprint density at radius 3 is 1.96 bits per heavy atom. The van der Waals surface area contributed by atoms with Crippen LogP contribution in [0.2, 0.25) is 0 Å². The zero-order valence-electron chi connectivity index (χ0n) is 29.2. The number of hydrogen-bond donors (Lipinski definition) is 1. The quantitative estimate of drug-likeness (QED) is 0.200. The number of fused-ring (bicyclic) bond motifs is 6. The summed E-state index contributed by atoms with van der Waals surface area (Å²) in [5, 5.41) is 16.9. The number of phenolic OH excluding ortho intramolecular Hbond substituents is 1. The molecule has 6 aromatic carbocycles. The molecule has 0 saturated heterocycles. The first kappa shape index (κ1) is 34.9. The fraction of sp³-hybridized carbons (Fsp3) is 0.130. The maximum atomic E-state index is 10.4. The molecule has 8 rings (SSSR count). The highest BCUT2D eigenvalue weighted by Gasteiger charge is 2.16. The second-order valence-corrected chi connectivity index (χ2v) is 12.8. The molecule has 3 heteroatoms. The number of furan rings is 1. The van der Waals surface area contributed by atoms with Gasteiger partial charge >= 0.3 is 0 Å². The molecule has 1 N–H and O–H groups in total. The first-order valence-electron chi connectivity index (χ1n) is 16.8. The standard InChI is InChI=1S/C23H16O2.C14H14S.C7H8.C2H6/c1-14-9-11-15(12-10-14)18-13-19-22-20(24)7-4-8-21(22)25-23(19)17-6-3-2-5-16(17)18;1-4-7-10(2)14-11(3)15-13-9-6-5-8-12(13)14;1-7-5-3-2-4-6-7;1-2/h2-13,24H,1H3;4-9H,3H2,1-2H3;2-6H,1H3;1-2H3/b;7-4-,14-10+;;. The minimum atomic E-state index is 0.251. The van der Waals surface area contributed by atoms with Crippen molar-refractivity contribution in [3.63, 3.8) is 0 Å². The van der Waals surface area contributed by atoms with Gasteiger partial charge in [0.05, 0.1) is 5.39 Å². The fourth-order valence-electron chi connectivity index (χ4n) is 6.00. The molecule has 0 aliphatic carbocycles. The van der Waals surface area contributed by atoms with E-state index in [-0.39, 0.29) is 5.75 Å². The second-order valence-electron chi connectivity index (χ2n) is 11.7. The Kier molecular flexibility index (Phi) is 11.5. The van der Waals surface area contributed by atoms with Crippen LogP contribution in [0.15, 0.2) is 144 Å². The van der Waals surface area contributed by atoms with Gasteiger partial charge in [0.25, 0.3) is 0 Å². The lowest BCUT2D eigenvalue weighted by Crippen LogP contribution is -2.18. The highest BCUT2D eigenvalue weighted by Crippen LogP contribution is 2.42. The molecule has 2 heterocycles. The topological polar surface area (TPSA) is 33.4 Å². The monoisotopic (exact) mass is 660 g/mol. The number of benzene rings is 6. The molecule has 0 bridgehead atoms. The van der Waals surface area contributed by atoms with Crippen LogP contribution < -0.4 is 9.75 Å². The minimum absolute atomic E-state index is 0.251. The smallest absolute Gasteiger partial charge is 0.143 e. The van der Waals surface area contributed by atoms with Gasteiger partial charge in [-0.15, -0.1) is 11.3 Å². The maximum absolute atomic E-state index is 10.4. The Morgan fingerprint density at radius 1 is 0.694 bits per heavy atom. The van der Waals surface area contributed by atoms with Crippen molar-refractivity contribution < 1.29 is 9.52 Å². The van der Waals surface area contributed by atoms with Gasteiger partial charge in [0.2, 0.25) is 0 Å². The van der Waals surface area contributed by atoms with Gasteiger partial charge < -0.3 is 9.52 Å². The summed E-state index contributed by atoms with van der Waals surface area (Å²) in [4.78, 5) is 0. The van der Waals surface area contributed by atoms with Crippen molar-refractivity contribution in [1.29, 1.82) is 0 Å². The zero-order valence-corrected chi connectivity index (χ0v) is 30.1. The van der Waals surface area contributed by atoms with Crippen molar-refractivity contribution in [2.45, 2.75) is 41.5 Å². The van der Waals surface area contributed by atoms with Crippen molar-refractivity contribution in [3.8, 4) is 16.9 Å². The molecule has 0 fully saturated rings. The van der Waals surface area contributed by atoms with Crippen LogP contribution in [0.5, 0.6) is 5.75 Å². The molecule has 0 aliphatic heterocycles. The molecule has 246 valence electrons. The van der Waals surface area contributed by atoms with Gasteiger partial charge in [-0.2, -0.15) is 0 Å². The van der Waals surface area contributed by atoms with Gasteiger partial charge in [0, 0.05) is 30.6 Å². The lowest BCUT2D eigenvalue weighted by molar-refractivity contribution is 0.481. The summed E-state index contributed by atoms with van der Waals surface area (Å²) in [6.45, 7) is 16.5. The van der Waals surface area contributed by atoms with Crippen LogP contribution in [0.25, 0.3) is 66.1 Å². The summed E-state index contributed by atoms with van der Waals surface area (Å²) in [7, 11) is 0. The molecule has 0 aliphatic rings. The zero-order chi connectivity index (χ0) is 34.9. The van der Waals surface area contributed by atoms with E-state index in [1.165, 1.54) is 32.0 Å². The molecule has 2 nitrogen and oxygen atoms in total. The normalized spacial score (nSPS) is 11.5. The van der Waals surface area contributed by atoms with Crippen LogP contribution in [0.1, 0.15) is 38.8 Å². The number of aryl methyl sites for hydroxylation is 2. The Morgan fingerprint density at radius 2 is 1.31 bits per heavy atom. The lowest BCUT2D eigenvalue weighted by atomic mass is 9.95. The minimum Gasteiger partial charge on any atom is -0.507 e. The molecule has 0 saturated carbocycles. The van der Waals surface area contributed by atoms with Crippen molar-refractivity contribution in [2.24, 2.45) is 0 Å². The fourth-order valence-corrected chi connectivity index (χ4v) is 7.06. The first-order valence-corrected chi connectivity index (χ1v) is 17.6. The molecule has 0 amide bonds. The molecule has 8 aromatic rings. The average molecular weight is 661 g/mol. The van der Waals surface area contributed by atoms with E-state index in [1.54, 1.807) is 17.4 Å². The van der Waals surface area contributed by atoms with Crippen molar-refractivity contribution in [3.05, 3.63) is 160 Å². The largest absolute Gasteiger partial charge is 0.507 e. The molecule has 0 spiro atoms. The number of rotatable bonds is 2. The summed E-state index contributed by atoms with van der Waals surface area (Å²) in [5.74, 6) is 0.251. The summed E-state index contributed by atoms with van der Waals surface area (Å²) in [6, 6.07) is 43.1. The van der Waals surface area contributed by atoms with E-state index in [2.05, 4.69) is 118 Å². The van der Waals surface area contributed by atoms with Crippen LogP contribution in [-0.2, 0) is 0 Å². The number of phenols is 1. The molecular formula is C46H44O2S. The molecule has 0 unspecified atom stereocenters. The van der Waals surface area contributed by atoms with Crippen LogP contribution in [0, 0.1) is 13.8 Å². The lowest BCUT2D eigenvalue weighted by Gasteiger charge is -2.08. The third-order valence-corrected chi connectivity index (χ3v) is 9.29. The SMILES string of the molecule is C=c1sc2ccccc2/c1=C(C)/C=C\C.CC.Cc1ccc(-c2cc3c(oc4cccc(O)c43)c3ccccc23)cc1.Cc1ccccc1. The molecule has 0 atom stereocenters. The van der Waals surface area contributed by atoms with E-state index >= 15 is 0 Å². The highest BCUT2D eigenvalue weighted by molar-refractivity contribution is 7.17. The van der Waals surface area contributed by atoms with Gasteiger partial charge in [-0.3, -0.25) is 0 Å². The van der Waals surface area contributed by atoms with E-state index in [4.69, 9.17) is 4.42 Å². The van der Waals surface area contributed by atoms with E-state index in [1.807, 2.05) is 63.2 Å². The maximum Gasteiger partial charge on any atom is 0.143 e. The van der Waals surface area contributed by atoms with Gasteiger partial charge in [-0.05, 0) is 74.0 Å². The Labute approximate surface area is 293 Å². The van der Waals surface area contributed by atoms with Crippen molar-refractivity contribution >= 4 is 66.3 Å². The van der Waals surface area contributed by atoms with Crippen molar-refractivity contribution in [1.82, 2.24) is 0 Å². The molecule has 0 radical (unpaired) electrons. The van der Waals surface area contributed by atoms with Gasteiger partial charge in [0.1, 0.15) is 16.9 Å². The predicted molar refractivity (Wildman–Crippen MR) is 216 cm³/mol. The van der Waals surface area contributed by atoms with E-state index in [9.17, 15) is 5.11 Å². The summed E-state index contributed by atoms with van der Waals surface area (Å²) >= 11 is 1.77. The highest BCUT2D eigenvalue weighted by atomic mass is 32.1. The Balaban J connectivity index is 0.000000165. The molecular weight excluding hydrogens is 617 g/mol. The van der Waals surface area contributed by atoms with Gasteiger partial charge in [-0.25, -0.2) is 0 Å². The van der Waals surface area contributed by atoms with Gasteiger partial charge in [0.15, 0.2) is 0 Å². The van der Waals surface area contributed by atoms with Crippen LogP contribution in [0.4, 0.5) is 0 Å². The number of hydrogen-bond acceptors (Lipinski definition) is 3. The Bertz CT molecular complexity index is 2460.